The molecule has 0 aromatic heterocycles. The van der Waals surface area contributed by atoms with Gasteiger partial charge in [0.05, 0.1) is 14.2 Å². The first kappa shape index (κ1) is 14.1. The maximum absolute atomic E-state index is 12.3. The summed E-state index contributed by atoms with van der Waals surface area (Å²) >= 11 is 0. The van der Waals surface area contributed by atoms with Crippen molar-refractivity contribution >= 4 is 17.3 Å². The number of Topliss-reactive ketones (excluding diaryl/α,β-unsaturated/α-hetero) is 2. The van der Waals surface area contributed by atoms with Crippen LogP contribution in [0.25, 0.3) is 0 Å². The van der Waals surface area contributed by atoms with Crippen molar-refractivity contribution in [1.82, 2.24) is 0 Å². The Morgan fingerprint density at radius 2 is 1.60 bits per heavy atom. The summed E-state index contributed by atoms with van der Waals surface area (Å²) in [6.45, 7) is 2.86. The molecule has 0 aliphatic heterocycles. The van der Waals surface area contributed by atoms with Crippen LogP contribution in [0.5, 0.6) is 0 Å². The Bertz CT molecular complexity index is 590. The Balaban J connectivity index is 2.47. The van der Waals surface area contributed by atoms with Crippen molar-refractivity contribution in [2.75, 3.05) is 26.1 Å². The first-order valence-corrected chi connectivity index (χ1v) is 6.43. The molecule has 5 nitrogen and oxygen atoms in total. The van der Waals surface area contributed by atoms with Crippen LogP contribution in [0.2, 0.25) is 0 Å². The van der Waals surface area contributed by atoms with E-state index >= 15 is 0 Å². The average molecular weight is 275 g/mol. The van der Waals surface area contributed by atoms with Gasteiger partial charge in [-0.2, -0.15) is 0 Å². The van der Waals surface area contributed by atoms with Crippen molar-refractivity contribution in [2.45, 2.75) is 13.3 Å². The summed E-state index contributed by atoms with van der Waals surface area (Å²) in [4.78, 5) is 24.6. The second kappa shape index (κ2) is 5.77. The van der Waals surface area contributed by atoms with Gasteiger partial charge in [-0.25, -0.2) is 0 Å². The molecule has 5 heteroatoms. The van der Waals surface area contributed by atoms with Gasteiger partial charge < -0.3 is 14.8 Å². The molecule has 0 fully saturated rings. The molecule has 0 spiro atoms. The number of ketones is 2. The van der Waals surface area contributed by atoms with Crippen LogP contribution in [0.3, 0.4) is 0 Å². The molecule has 1 aromatic carbocycles. The second-order valence-corrected chi connectivity index (χ2v) is 4.41. The van der Waals surface area contributed by atoms with Gasteiger partial charge in [0, 0.05) is 23.4 Å². The second-order valence-electron chi connectivity index (χ2n) is 4.41. The molecule has 1 aliphatic rings. The molecule has 1 aromatic rings. The van der Waals surface area contributed by atoms with Crippen LogP contribution in [0.15, 0.2) is 29.7 Å². The van der Waals surface area contributed by atoms with E-state index in [1.54, 1.807) is 18.2 Å². The number of anilines is 1. The van der Waals surface area contributed by atoms with Gasteiger partial charge in [-0.05, 0) is 24.6 Å². The quantitative estimate of drug-likeness (QED) is 0.893. The van der Waals surface area contributed by atoms with E-state index in [9.17, 15) is 9.59 Å². The molecule has 2 rings (SSSR count). The molecule has 0 saturated heterocycles. The molecule has 0 saturated carbocycles. The predicted octanol–water partition coefficient (Wildman–Crippen LogP) is 2.39. The van der Waals surface area contributed by atoms with Crippen LogP contribution in [0.4, 0.5) is 5.69 Å². The number of nitrogens with one attached hydrogen (secondary N) is 1. The van der Waals surface area contributed by atoms with Crippen LogP contribution in [-0.4, -0.2) is 32.3 Å². The molecule has 0 radical (unpaired) electrons. The first-order chi connectivity index (χ1) is 9.63. The normalized spacial score (nSPS) is 14.2. The highest BCUT2D eigenvalue weighted by molar-refractivity contribution is 6.25. The third kappa shape index (κ3) is 2.27. The summed E-state index contributed by atoms with van der Waals surface area (Å²) in [5.74, 6) is -0.753. The number of rotatable bonds is 5. The lowest BCUT2D eigenvalue weighted by molar-refractivity contribution is 0.0829. The van der Waals surface area contributed by atoms with E-state index in [-0.39, 0.29) is 23.1 Å². The third-order valence-electron chi connectivity index (χ3n) is 3.11. The Hall–Kier alpha value is -2.30. The minimum absolute atomic E-state index is 0.0423. The van der Waals surface area contributed by atoms with Gasteiger partial charge >= 0.3 is 0 Å². The molecule has 0 heterocycles. The number of methoxy groups -OCH3 is 2. The number of hydrogen-bond acceptors (Lipinski definition) is 5. The monoisotopic (exact) mass is 275 g/mol. The number of hydrogen-bond donors (Lipinski definition) is 1. The number of benzene rings is 1. The molecule has 0 amide bonds. The van der Waals surface area contributed by atoms with Crippen molar-refractivity contribution in [1.29, 1.82) is 0 Å². The smallest absolute Gasteiger partial charge is 0.232 e. The number of ether oxygens (including phenoxy) is 2. The van der Waals surface area contributed by atoms with Gasteiger partial charge in [0.2, 0.25) is 23.1 Å². The van der Waals surface area contributed by atoms with Gasteiger partial charge in [0.1, 0.15) is 0 Å². The minimum atomic E-state index is -0.334. The van der Waals surface area contributed by atoms with Crippen LogP contribution in [0, 0.1) is 0 Å². The fourth-order valence-electron chi connectivity index (χ4n) is 2.13. The van der Waals surface area contributed by atoms with Gasteiger partial charge in [-0.1, -0.05) is 6.92 Å². The lowest BCUT2D eigenvalue weighted by Crippen LogP contribution is -2.24. The van der Waals surface area contributed by atoms with Crippen molar-refractivity contribution in [3.05, 3.63) is 40.8 Å². The highest BCUT2D eigenvalue weighted by Gasteiger charge is 2.34. The zero-order valence-corrected chi connectivity index (χ0v) is 11.8. The topological polar surface area (TPSA) is 64.6 Å². The molecule has 106 valence electrons. The predicted molar refractivity (Wildman–Crippen MR) is 74.9 cm³/mol. The van der Waals surface area contributed by atoms with E-state index in [0.29, 0.717) is 11.1 Å². The van der Waals surface area contributed by atoms with Crippen LogP contribution in [0.1, 0.15) is 34.1 Å². The number of allylic oxidation sites excluding steroid dienone is 2. The summed E-state index contributed by atoms with van der Waals surface area (Å²) in [6.07, 6.45) is 0.973. The van der Waals surface area contributed by atoms with Crippen molar-refractivity contribution < 1.29 is 19.1 Å². The maximum atomic E-state index is 12.3. The Morgan fingerprint density at radius 3 is 2.15 bits per heavy atom. The fourth-order valence-corrected chi connectivity index (χ4v) is 2.13. The molecular formula is C15H17NO4. The number of carbonyl (C=O) groups excluding carboxylic acids is 2. The summed E-state index contributed by atoms with van der Waals surface area (Å²) in [5.41, 5.74) is 1.49. The van der Waals surface area contributed by atoms with E-state index < -0.39 is 0 Å². The standard InChI is InChI=1S/C15H17NO4/c1-4-7-16-9-5-6-10-11(8-9)13(18)15(20-3)14(19-2)12(10)17/h5-6,8,16H,4,7H2,1-3H3. The Kier molecular flexibility index (Phi) is 4.08. The van der Waals surface area contributed by atoms with Crippen LogP contribution >= 0.6 is 0 Å². The molecule has 0 atom stereocenters. The first-order valence-electron chi connectivity index (χ1n) is 6.43. The van der Waals surface area contributed by atoms with Crippen molar-refractivity contribution in [3.63, 3.8) is 0 Å². The van der Waals surface area contributed by atoms with Gasteiger partial charge in [-0.3, -0.25) is 9.59 Å². The number of carbonyl (C=O) groups is 2. The summed E-state index contributed by atoms with van der Waals surface area (Å²) in [5, 5.41) is 3.19. The average Bonchev–Trinajstić information content (AvgIpc) is 2.48. The van der Waals surface area contributed by atoms with Crippen molar-refractivity contribution in [3.8, 4) is 0 Å². The van der Waals surface area contributed by atoms with Gasteiger partial charge in [0.15, 0.2) is 0 Å². The van der Waals surface area contributed by atoms with Crippen LogP contribution < -0.4 is 5.32 Å². The molecule has 0 unspecified atom stereocenters. The van der Waals surface area contributed by atoms with E-state index in [1.807, 2.05) is 0 Å². The molecule has 1 N–H and O–H groups in total. The zero-order valence-electron chi connectivity index (χ0n) is 11.8. The third-order valence-corrected chi connectivity index (χ3v) is 3.11. The zero-order chi connectivity index (χ0) is 14.7. The van der Waals surface area contributed by atoms with Gasteiger partial charge in [-0.15, -0.1) is 0 Å². The largest absolute Gasteiger partial charge is 0.489 e. The Morgan fingerprint density at radius 1 is 1.00 bits per heavy atom. The molecular weight excluding hydrogens is 258 g/mol. The number of fused-ring (bicyclic) bond motifs is 1. The summed E-state index contributed by atoms with van der Waals surface area (Å²) < 4.78 is 10.0. The fraction of sp³-hybridized carbons (Fsp3) is 0.333. The van der Waals surface area contributed by atoms with E-state index in [0.717, 1.165) is 18.7 Å². The summed E-state index contributed by atoms with van der Waals surface area (Å²) in [6, 6.07) is 5.10. The van der Waals surface area contributed by atoms with E-state index in [2.05, 4.69) is 12.2 Å². The molecule has 1 aliphatic carbocycles. The Labute approximate surface area is 117 Å². The van der Waals surface area contributed by atoms with E-state index in [1.165, 1.54) is 14.2 Å². The molecule has 20 heavy (non-hydrogen) atoms. The maximum Gasteiger partial charge on any atom is 0.232 e. The van der Waals surface area contributed by atoms with Gasteiger partial charge in [0.25, 0.3) is 0 Å². The highest BCUT2D eigenvalue weighted by atomic mass is 16.5. The lowest BCUT2D eigenvalue weighted by atomic mass is 9.91. The van der Waals surface area contributed by atoms with Crippen LogP contribution in [-0.2, 0) is 9.47 Å². The molecule has 0 bridgehead atoms. The lowest BCUT2D eigenvalue weighted by Gasteiger charge is -2.19. The van der Waals surface area contributed by atoms with E-state index in [4.69, 9.17) is 9.47 Å². The summed E-state index contributed by atoms with van der Waals surface area (Å²) in [7, 11) is 2.70. The highest BCUT2D eigenvalue weighted by Crippen LogP contribution is 2.29. The van der Waals surface area contributed by atoms with Crippen molar-refractivity contribution in [2.24, 2.45) is 0 Å². The minimum Gasteiger partial charge on any atom is -0.489 e. The SMILES string of the molecule is CCCNc1ccc2c(c1)C(=O)C(OC)=C(OC)C2=O.